The molecule has 0 radical (unpaired) electrons. The molecular weight excluding hydrogens is 468 g/mol. The summed E-state index contributed by atoms with van der Waals surface area (Å²) in [5.41, 5.74) is 11.3. The molecule has 0 saturated heterocycles. The molecule has 0 unspecified atom stereocenters. The first-order chi connectivity index (χ1) is 18.3. The van der Waals surface area contributed by atoms with Gasteiger partial charge in [-0.2, -0.15) is 0 Å². The molecule has 0 atom stereocenters. The lowest BCUT2D eigenvalue weighted by molar-refractivity contribution is 0.778. The number of rotatable bonds is 10. The van der Waals surface area contributed by atoms with E-state index in [0.717, 1.165) is 67.6 Å². The molecule has 0 saturated carbocycles. The number of nitrogens with one attached hydrogen (secondary N) is 3. The molecule has 0 aromatic carbocycles. The van der Waals surface area contributed by atoms with E-state index in [4.69, 9.17) is 4.98 Å². The summed E-state index contributed by atoms with van der Waals surface area (Å²) in [7, 11) is 1.88. The van der Waals surface area contributed by atoms with E-state index in [1.807, 2.05) is 56.0 Å². The van der Waals surface area contributed by atoms with Crippen molar-refractivity contribution in [3.63, 3.8) is 0 Å². The molecule has 192 valence electrons. The topological polar surface area (TPSA) is 78.5 Å². The highest BCUT2D eigenvalue weighted by molar-refractivity contribution is 5.89. The summed E-state index contributed by atoms with van der Waals surface area (Å²) in [5.74, 6) is 0.316. The molecule has 0 aliphatic carbocycles. The fourth-order valence-corrected chi connectivity index (χ4v) is 4.17. The van der Waals surface area contributed by atoms with Gasteiger partial charge in [-0.05, 0) is 42.7 Å². The average Bonchev–Trinajstić information content (AvgIpc) is 3.32. The first kappa shape index (κ1) is 26.4. The van der Waals surface area contributed by atoms with Crippen LogP contribution in [-0.4, -0.2) is 27.0 Å². The second kappa shape index (κ2) is 11.6. The van der Waals surface area contributed by atoms with Crippen LogP contribution in [0.4, 0.5) is 11.4 Å². The van der Waals surface area contributed by atoms with Gasteiger partial charge in [-0.1, -0.05) is 51.8 Å². The van der Waals surface area contributed by atoms with Gasteiger partial charge in [0.25, 0.3) is 0 Å². The van der Waals surface area contributed by atoms with Crippen molar-refractivity contribution < 1.29 is 0 Å². The number of hydrogen-bond donors (Lipinski definition) is 3. The van der Waals surface area contributed by atoms with Crippen LogP contribution in [-0.2, 0) is 0 Å². The Morgan fingerprint density at radius 2 is 1.84 bits per heavy atom. The van der Waals surface area contributed by atoms with Gasteiger partial charge in [0.05, 0.1) is 29.5 Å². The summed E-state index contributed by atoms with van der Waals surface area (Å²) in [6.45, 7) is 18.7. The molecular formula is C32H34N6. The zero-order valence-electron chi connectivity index (χ0n) is 22.5. The SMILES string of the molecule is C=C/C=C(/c1cccnc1)c1cc(C(=C)c2cc(-c3cncc(NC(=C)C(C)C)c3)ncc2NC)[nH]c1C. The number of H-pyrrole nitrogens is 1. The highest BCUT2D eigenvalue weighted by Gasteiger charge is 2.17. The van der Waals surface area contributed by atoms with Gasteiger partial charge in [0.15, 0.2) is 0 Å². The average molecular weight is 503 g/mol. The van der Waals surface area contributed by atoms with Crippen LogP contribution < -0.4 is 10.6 Å². The van der Waals surface area contributed by atoms with E-state index in [-0.39, 0.29) is 0 Å². The first-order valence-corrected chi connectivity index (χ1v) is 12.5. The van der Waals surface area contributed by atoms with Crippen molar-refractivity contribution in [1.29, 1.82) is 0 Å². The maximum Gasteiger partial charge on any atom is 0.0726 e. The maximum atomic E-state index is 4.70. The largest absolute Gasteiger partial charge is 0.386 e. The summed E-state index contributed by atoms with van der Waals surface area (Å²) < 4.78 is 0. The normalized spacial score (nSPS) is 11.3. The second-order valence-corrected chi connectivity index (χ2v) is 9.39. The van der Waals surface area contributed by atoms with E-state index in [1.54, 1.807) is 18.5 Å². The lowest BCUT2D eigenvalue weighted by Gasteiger charge is -2.15. The van der Waals surface area contributed by atoms with Gasteiger partial charge >= 0.3 is 0 Å². The van der Waals surface area contributed by atoms with E-state index < -0.39 is 0 Å². The van der Waals surface area contributed by atoms with E-state index >= 15 is 0 Å². The number of hydrogen-bond acceptors (Lipinski definition) is 5. The Balaban J connectivity index is 1.71. The number of aromatic nitrogens is 4. The quantitative estimate of drug-likeness (QED) is 0.196. The number of allylic oxidation sites excluding steroid dienone is 3. The fourth-order valence-electron chi connectivity index (χ4n) is 4.17. The van der Waals surface area contributed by atoms with Crippen molar-refractivity contribution in [2.24, 2.45) is 5.92 Å². The molecule has 6 nitrogen and oxygen atoms in total. The van der Waals surface area contributed by atoms with Crippen molar-refractivity contribution in [3.05, 3.63) is 127 Å². The fraction of sp³-hybridized carbons (Fsp3) is 0.156. The standard InChI is InChI=1S/C32H34N6/c1-8-10-27(24-11-9-12-34-16-24)29-15-30(38-23(29)6)21(4)28-14-31(36-19-32(28)33-7)25-13-26(18-35-17-25)37-22(5)20(2)3/h8-20,33,37-38H,1,4-5H2,2-3,6-7H3/b27-10-. The van der Waals surface area contributed by atoms with E-state index in [2.05, 4.69) is 72.2 Å². The Labute approximate surface area is 225 Å². The van der Waals surface area contributed by atoms with Gasteiger partial charge in [0.2, 0.25) is 0 Å². The van der Waals surface area contributed by atoms with E-state index in [0.29, 0.717) is 5.92 Å². The molecule has 0 bridgehead atoms. The number of anilines is 2. The van der Waals surface area contributed by atoms with Crippen LogP contribution in [0.5, 0.6) is 0 Å². The van der Waals surface area contributed by atoms with Crippen molar-refractivity contribution >= 4 is 22.5 Å². The summed E-state index contributed by atoms with van der Waals surface area (Å²) >= 11 is 0. The third-order valence-corrected chi connectivity index (χ3v) is 6.42. The molecule has 4 aromatic heterocycles. The monoisotopic (exact) mass is 502 g/mol. The van der Waals surface area contributed by atoms with Crippen LogP contribution in [0.15, 0.2) is 98.9 Å². The molecule has 6 heteroatoms. The molecule has 4 rings (SSSR count). The van der Waals surface area contributed by atoms with Crippen LogP contribution >= 0.6 is 0 Å². The Morgan fingerprint density at radius 3 is 2.53 bits per heavy atom. The Bertz CT molecular complexity index is 1510. The Morgan fingerprint density at radius 1 is 1.03 bits per heavy atom. The van der Waals surface area contributed by atoms with Gasteiger partial charge in [-0.15, -0.1) is 0 Å². The van der Waals surface area contributed by atoms with Crippen LogP contribution in [0.2, 0.25) is 0 Å². The highest BCUT2D eigenvalue weighted by atomic mass is 14.9. The number of nitrogens with zero attached hydrogens (tertiary/aromatic N) is 3. The van der Waals surface area contributed by atoms with Crippen LogP contribution in [0.25, 0.3) is 22.4 Å². The highest BCUT2D eigenvalue weighted by Crippen LogP contribution is 2.34. The molecule has 0 amide bonds. The predicted octanol–water partition coefficient (Wildman–Crippen LogP) is 7.48. The Kier molecular flexibility index (Phi) is 8.02. The molecule has 0 aliphatic rings. The summed E-state index contributed by atoms with van der Waals surface area (Å²) in [6, 6.07) is 10.2. The third-order valence-electron chi connectivity index (χ3n) is 6.42. The molecule has 38 heavy (non-hydrogen) atoms. The summed E-state index contributed by atoms with van der Waals surface area (Å²) in [6.07, 6.45) is 12.9. The minimum absolute atomic E-state index is 0.316. The molecule has 0 aliphatic heterocycles. The number of aryl methyl sites for hydroxylation is 1. The summed E-state index contributed by atoms with van der Waals surface area (Å²) in [4.78, 5) is 16.9. The minimum atomic E-state index is 0.316. The van der Waals surface area contributed by atoms with Gasteiger partial charge < -0.3 is 15.6 Å². The van der Waals surface area contributed by atoms with E-state index in [1.165, 1.54) is 0 Å². The first-order valence-electron chi connectivity index (χ1n) is 12.5. The minimum Gasteiger partial charge on any atom is -0.386 e. The van der Waals surface area contributed by atoms with Crippen LogP contribution in [0.3, 0.4) is 0 Å². The molecule has 3 N–H and O–H groups in total. The molecule has 4 heterocycles. The second-order valence-electron chi connectivity index (χ2n) is 9.39. The van der Waals surface area contributed by atoms with Gasteiger partial charge in [0.1, 0.15) is 0 Å². The summed E-state index contributed by atoms with van der Waals surface area (Å²) in [5, 5.41) is 6.60. The van der Waals surface area contributed by atoms with Crippen molar-refractivity contribution in [2.75, 3.05) is 17.7 Å². The van der Waals surface area contributed by atoms with Crippen molar-refractivity contribution in [1.82, 2.24) is 19.9 Å². The van der Waals surface area contributed by atoms with Crippen LogP contribution in [0.1, 0.15) is 41.9 Å². The van der Waals surface area contributed by atoms with E-state index in [9.17, 15) is 0 Å². The van der Waals surface area contributed by atoms with Gasteiger partial charge in [-0.25, -0.2) is 0 Å². The lowest BCUT2D eigenvalue weighted by atomic mass is 9.97. The zero-order chi connectivity index (χ0) is 27.2. The van der Waals surface area contributed by atoms with Gasteiger partial charge in [0, 0.05) is 70.6 Å². The number of pyridine rings is 3. The predicted molar refractivity (Wildman–Crippen MR) is 160 cm³/mol. The number of aromatic amines is 1. The molecule has 0 fully saturated rings. The smallest absolute Gasteiger partial charge is 0.0726 e. The third kappa shape index (κ3) is 5.65. The van der Waals surface area contributed by atoms with Gasteiger partial charge in [-0.3, -0.25) is 15.0 Å². The zero-order valence-corrected chi connectivity index (χ0v) is 22.5. The maximum absolute atomic E-state index is 4.70. The van der Waals surface area contributed by atoms with Crippen molar-refractivity contribution in [2.45, 2.75) is 20.8 Å². The molecule has 4 aromatic rings. The lowest BCUT2D eigenvalue weighted by Crippen LogP contribution is -2.05. The Hall–Kier alpha value is -4.71. The molecule has 0 spiro atoms. The van der Waals surface area contributed by atoms with Crippen LogP contribution in [0, 0.1) is 12.8 Å². The van der Waals surface area contributed by atoms with Crippen molar-refractivity contribution in [3.8, 4) is 11.3 Å².